The highest BCUT2D eigenvalue weighted by Crippen LogP contribution is 2.34. The lowest BCUT2D eigenvalue weighted by Crippen LogP contribution is -2.18. The van der Waals surface area contributed by atoms with E-state index in [9.17, 15) is 4.79 Å². The number of rotatable bonds is 7. The number of hydrogen-bond donors (Lipinski definition) is 1. The molecule has 1 aromatic heterocycles. The topological polar surface area (TPSA) is 46.9 Å². The van der Waals surface area contributed by atoms with Crippen LogP contribution in [0, 0.1) is 13.8 Å². The zero-order chi connectivity index (χ0) is 20.1. The number of nitrogens with zero attached hydrogens (tertiary/aromatic N) is 2. The van der Waals surface area contributed by atoms with E-state index in [2.05, 4.69) is 55.8 Å². The average molecular weight is 400 g/mol. The van der Waals surface area contributed by atoms with Crippen LogP contribution in [0.5, 0.6) is 0 Å². The molecule has 152 valence electrons. The number of imidazole rings is 1. The van der Waals surface area contributed by atoms with Gasteiger partial charge in [-0.2, -0.15) is 0 Å². The van der Waals surface area contributed by atoms with Gasteiger partial charge in [-0.1, -0.05) is 63.1 Å². The molecule has 1 N–H and O–H groups in total. The molecule has 0 atom stereocenters. The van der Waals surface area contributed by atoms with Crippen LogP contribution in [0.15, 0.2) is 23.4 Å². The monoisotopic (exact) mass is 399 g/mol. The summed E-state index contributed by atoms with van der Waals surface area (Å²) in [6.45, 7) is 8.49. The van der Waals surface area contributed by atoms with Gasteiger partial charge in [-0.05, 0) is 50.7 Å². The maximum atomic E-state index is 12.7. The molecule has 1 saturated carbocycles. The van der Waals surface area contributed by atoms with Crippen LogP contribution in [0.4, 0.5) is 5.69 Å². The molecule has 1 amide bonds. The van der Waals surface area contributed by atoms with Crippen molar-refractivity contribution in [2.45, 2.75) is 83.8 Å². The van der Waals surface area contributed by atoms with Crippen LogP contribution in [0.3, 0.4) is 0 Å². The third-order valence-electron chi connectivity index (χ3n) is 5.89. The van der Waals surface area contributed by atoms with Crippen LogP contribution in [0.1, 0.15) is 74.5 Å². The van der Waals surface area contributed by atoms with Gasteiger partial charge in [-0.3, -0.25) is 4.79 Å². The van der Waals surface area contributed by atoms with Crippen molar-refractivity contribution in [1.82, 2.24) is 9.55 Å². The lowest BCUT2D eigenvalue weighted by molar-refractivity contribution is -0.113. The number of para-hydroxylation sites is 1. The van der Waals surface area contributed by atoms with Crippen molar-refractivity contribution in [3.05, 3.63) is 40.7 Å². The fourth-order valence-corrected chi connectivity index (χ4v) is 5.13. The molecule has 0 aliphatic heterocycles. The average Bonchev–Trinajstić information content (AvgIpc) is 3.01. The second-order valence-corrected chi connectivity index (χ2v) is 8.66. The quantitative estimate of drug-likeness (QED) is 0.593. The largest absolute Gasteiger partial charge is 0.325 e. The first kappa shape index (κ1) is 21.0. The van der Waals surface area contributed by atoms with E-state index in [0.29, 0.717) is 11.8 Å². The van der Waals surface area contributed by atoms with Crippen LogP contribution >= 0.6 is 11.8 Å². The highest BCUT2D eigenvalue weighted by molar-refractivity contribution is 7.99. The first-order valence-corrected chi connectivity index (χ1v) is 11.6. The van der Waals surface area contributed by atoms with E-state index in [-0.39, 0.29) is 5.91 Å². The minimum atomic E-state index is 0.0501. The third kappa shape index (κ3) is 4.62. The number of anilines is 1. The van der Waals surface area contributed by atoms with Gasteiger partial charge in [-0.15, -0.1) is 0 Å². The summed E-state index contributed by atoms with van der Waals surface area (Å²) in [5, 5.41) is 4.17. The minimum absolute atomic E-state index is 0.0501. The maximum Gasteiger partial charge on any atom is 0.234 e. The normalized spacial score (nSPS) is 15.0. The second kappa shape index (κ2) is 9.64. The summed E-state index contributed by atoms with van der Waals surface area (Å²) in [7, 11) is 0. The molecule has 2 aromatic rings. The number of aryl methyl sites for hydroxylation is 3. The van der Waals surface area contributed by atoms with Gasteiger partial charge in [0, 0.05) is 17.4 Å². The fourth-order valence-electron chi connectivity index (χ4n) is 4.18. The van der Waals surface area contributed by atoms with Crippen molar-refractivity contribution < 1.29 is 4.79 Å². The first-order valence-electron chi connectivity index (χ1n) is 10.6. The summed E-state index contributed by atoms with van der Waals surface area (Å²) >= 11 is 1.57. The standard InChI is InChI=1S/C23H33N3OS/c1-5-18-11-10-12-19(6-2)22(18)25-21(27)15-28-23-24-16(3)17(4)26(23)20-13-8-7-9-14-20/h10-12,20H,5-9,13-15H2,1-4H3,(H,25,27). The van der Waals surface area contributed by atoms with E-state index < -0.39 is 0 Å². The Kier molecular flexibility index (Phi) is 7.22. The van der Waals surface area contributed by atoms with Crippen molar-refractivity contribution in [2.24, 2.45) is 0 Å². The van der Waals surface area contributed by atoms with Gasteiger partial charge in [0.25, 0.3) is 0 Å². The zero-order valence-corrected chi connectivity index (χ0v) is 18.5. The van der Waals surface area contributed by atoms with Gasteiger partial charge in [0.05, 0.1) is 11.4 Å². The maximum absolute atomic E-state index is 12.7. The molecule has 0 spiro atoms. The molecule has 28 heavy (non-hydrogen) atoms. The highest BCUT2D eigenvalue weighted by atomic mass is 32.2. The minimum Gasteiger partial charge on any atom is -0.325 e. The van der Waals surface area contributed by atoms with Crippen LogP contribution in [0.2, 0.25) is 0 Å². The number of amides is 1. The van der Waals surface area contributed by atoms with E-state index >= 15 is 0 Å². The fraction of sp³-hybridized carbons (Fsp3) is 0.565. The third-order valence-corrected chi connectivity index (χ3v) is 6.84. The van der Waals surface area contributed by atoms with Gasteiger partial charge < -0.3 is 9.88 Å². The molecule has 0 bridgehead atoms. The Morgan fingerprint density at radius 1 is 1.14 bits per heavy atom. The Morgan fingerprint density at radius 2 is 1.79 bits per heavy atom. The Hall–Kier alpha value is -1.75. The molecule has 5 heteroatoms. The van der Waals surface area contributed by atoms with Crippen molar-refractivity contribution in [3.8, 4) is 0 Å². The Balaban J connectivity index is 1.71. The highest BCUT2D eigenvalue weighted by Gasteiger charge is 2.22. The molecule has 1 aliphatic carbocycles. The number of aromatic nitrogens is 2. The molecule has 0 saturated heterocycles. The number of thioether (sulfide) groups is 1. The van der Waals surface area contributed by atoms with Crippen LogP contribution in [-0.2, 0) is 17.6 Å². The molecular formula is C23H33N3OS. The molecule has 1 aliphatic rings. The first-order chi connectivity index (χ1) is 13.5. The number of carbonyl (C=O) groups is 1. The summed E-state index contributed by atoms with van der Waals surface area (Å²) in [6, 6.07) is 6.82. The van der Waals surface area contributed by atoms with Gasteiger partial charge in [0.15, 0.2) is 5.16 Å². The van der Waals surface area contributed by atoms with E-state index in [1.807, 2.05) is 0 Å². The molecule has 1 fully saturated rings. The van der Waals surface area contributed by atoms with Crippen LogP contribution in [-0.4, -0.2) is 21.2 Å². The summed E-state index contributed by atoms with van der Waals surface area (Å²) in [6.07, 6.45) is 8.20. The van der Waals surface area contributed by atoms with E-state index in [4.69, 9.17) is 4.98 Å². The lowest BCUT2D eigenvalue weighted by Gasteiger charge is -2.26. The number of nitrogens with one attached hydrogen (secondary N) is 1. The number of benzene rings is 1. The van der Waals surface area contributed by atoms with Gasteiger partial charge >= 0.3 is 0 Å². The summed E-state index contributed by atoms with van der Waals surface area (Å²) in [5.41, 5.74) is 5.74. The van der Waals surface area contributed by atoms with E-state index in [1.54, 1.807) is 11.8 Å². The lowest BCUT2D eigenvalue weighted by atomic mass is 9.95. The number of carbonyl (C=O) groups excluding carboxylic acids is 1. The van der Waals surface area contributed by atoms with Gasteiger partial charge in [0.2, 0.25) is 5.91 Å². The molecule has 0 radical (unpaired) electrons. The Bertz CT molecular complexity index is 799. The molecule has 4 nitrogen and oxygen atoms in total. The van der Waals surface area contributed by atoms with Crippen molar-refractivity contribution in [1.29, 1.82) is 0 Å². The summed E-state index contributed by atoms with van der Waals surface area (Å²) in [4.78, 5) is 17.5. The van der Waals surface area contributed by atoms with Gasteiger partial charge in [-0.25, -0.2) is 4.98 Å². The van der Waals surface area contributed by atoms with Crippen molar-refractivity contribution in [3.63, 3.8) is 0 Å². The molecule has 1 heterocycles. The molecular weight excluding hydrogens is 366 g/mol. The zero-order valence-electron chi connectivity index (χ0n) is 17.7. The number of hydrogen-bond acceptors (Lipinski definition) is 3. The Morgan fingerprint density at radius 3 is 2.39 bits per heavy atom. The predicted octanol–water partition coefficient (Wildman–Crippen LogP) is 5.86. The summed E-state index contributed by atoms with van der Waals surface area (Å²) < 4.78 is 2.39. The van der Waals surface area contributed by atoms with Crippen molar-refractivity contribution in [2.75, 3.05) is 11.1 Å². The van der Waals surface area contributed by atoms with Crippen LogP contribution in [0.25, 0.3) is 0 Å². The molecule has 1 aromatic carbocycles. The van der Waals surface area contributed by atoms with Crippen LogP contribution < -0.4 is 5.32 Å². The van der Waals surface area contributed by atoms with Gasteiger partial charge in [0.1, 0.15) is 0 Å². The van der Waals surface area contributed by atoms with Crippen molar-refractivity contribution >= 4 is 23.4 Å². The molecule has 0 unspecified atom stereocenters. The smallest absolute Gasteiger partial charge is 0.234 e. The SMILES string of the molecule is CCc1cccc(CC)c1NC(=O)CSc1nc(C)c(C)n1C1CCCCC1. The van der Waals surface area contributed by atoms with E-state index in [0.717, 1.165) is 29.4 Å². The second-order valence-electron chi connectivity index (χ2n) is 7.72. The Labute approximate surface area is 173 Å². The summed E-state index contributed by atoms with van der Waals surface area (Å²) in [5.74, 6) is 0.443. The molecule has 3 rings (SSSR count). The van der Waals surface area contributed by atoms with E-state index in [1.165, 1.54) is 48.9 Å². The predicted molar refractivity (Wildman–Crippen MR) is 118 cm³/mol.